The standard InChI is InChI=1S/C19H28N2O/c1-2-20-12-10-19(11-13-20)15-21(17-7-5-8-17)14-16-6-3-4-9-18(16)22-19/h3-4,6,9,17H,2,5,7-8,10-15H2,1H3. The summed E-state index contributed by atoms with van der Waals surface area (Å²) in [4.78, 5) is 5.27. The smallest absolute Gasteiger partial charge is 0.124 e. The Bertz CT molecular complexity index is 518. The first-order chi connectivity index (χ1) is 10.8. The molecular weight excluding hydrogens is 272 g/mol. The van der Waals surface area contributed by atoms with Crippen molar-refractivity contribution >= 4 is 0 Å². The molecule has 1 aliphatic carbocycles. The molecule has 3 aliphatic rings. The molecule has 1 saturated carbocycles. The van der Waals surface area contributed by atoms with E-state index in [4.69, 9.17) is 4.74 Å². The van der Waals surface area contributed by atoms with E-state index in [2.05, 4.69) is 41.0 Å². The molecule has 0 amide bonds. The summed E-state index contributed by atoms with van der Waals surface area (Å²) in [6.07, 6.45) is 6.48. The number of hydrogen-bond acceptors (Lipinski definition) is 3. The number of likely N-dealkylation sites (tertiary alicyclic amines) is 1. The first-order valence-corrected chi connectivity index (χ1v) is 9.01. The van der Waals surface area contributed by atoms with E-state index in [1.807, 2.05) is 0 Å². The molecule has 0 N–H and O–H groups in total. The summed E-state index contributed by atoms with van der Waals surface area (Å²) in [7, 11) is 0. The Morgan fingerprint density at radius 2 is 1.95 bits per heavy atom. The van der Waals surface area contributed by atoms with Crippen molar-refractivity contribution in [2.45, 2.75) is 57.2 Å². The van der Waals surface area contributed by atoms with Gasteiger partial charge in [-0.2, -0.15) is 0 Å². The van der Waals surface area contributed by atoms with Gasteiger partial charge in [-0.3, -0.25) is 4.90 Å². The topological polar surface area (TPSA) is 15.7 Å². The van der Waals surface area contributed by atoms with Crippen LogP contribution in [0, 0.1) is 0 Å². The van der Waals surface area contributed by atoms with E-state index in [0.29, 0.717) is 0 Å². The number of nitrogens with zero attached hydrogens (tertiary/aromatic N) is 2. The largest absolute Gasteiger partial charge is 0.486 e. The van der Waals surface area contributed by atoms with Gasteiger partial charge in [0.1, 0.15) is 11.4 Å². The summed E-state index contributed by atoms with van der Waals surface area (Å²) in [5, 5.41) is 0. The highest BCUT2D eigenvalue weighted by molar-refractivity contribution is 5.35. The van der Waals surface area contributed by atoms with Crippen LogP contribution in [0.4, 0.5) is 0 Å². The van der Waals surface area contributed by atoms with E-state index < -0.39 is 0 Å². The van der Waals surface area contributed by atoms with E-state index in [-0.39, 0.29) is 5.60 Å². The molecule has 4 rings (SSSR count). The SMILES string of the molecule is CCN1CCC2(CC1)CN(C1CCC1)Cc1ccccc1O2. The highest BCUT2D eigenvalue weighted by atomic mass is 16.5. The second-order valence-electron chi connectivity index (χ2n) is 7.32. The number of rotatable bonds is 2. The fourth-order valence-corrected chi connectivity index (χ4v) is 4.19. The van der Waals surface area contributed by atoms with Crippen molar-refractivity contribution < 1.29 is 4.74 Å². The Balaban J connectivity index is 1.61. The van der Waals surface area contributed by atoms with Gasteiger partial charge in [0.25, 0.3) is 0 Å². The Labute approximate surface area is 134 Å². The zero-order chi connectivity index (χ0) is 15.0. The number of fused-ring (bicyclic) bond motifs is 1. The van der Waals surface area contributed by atoms with Gasteiger partial charge in [-0.25, -0.2) is 0 Å². The fraction of sp³-hybridized carbons (Fsp3) is 0.684. The van der Waals surface area contributed by atoms with Crippen molar-refractivity contribution in [3.63, 3.8) is 0 Å². The molecule has 3 nitrogen and oxygen atoms in total. The number of benzene rings is 1. The second-order valence-corrected chi connectivity index (χ2v) is 7.32. The molecule has 1 saturated heterocycles. The van der Waals surface area contributed by atoms with Gasteiger partial charge >= 0.3 is 0 Å². The lowest BCUT2D eigenvalue weighted by atomic mass is 9.86. The van der Waals surface area contributed by atoms with Crippen LogP contribution in [0.25, 0.3) is 0 Å². The van der Waals surface area contributed by atoms with Gasteiger partial charge in [0.15, 0.2) is 0 Å². The molecule has 2 aliphatic heterocycles. The van der Waals surface area contributed by atoms with Crippen LogP contribution < -0.4 is 4.74 Å². The predicted molar refractivity (Wildman–Crippen MR) is 89.2 cm³/mol. The maximum atomic E-state index is 6.66. The summed E-state index contributed by atoms with van der Waals surface area (Å²) in [5.74, 6) is 1.13. The fourth-order valence-electron chi connectivity index (χ4n) is 4.19. The van der Waals surface area contributed by atoms with Gasteiger partial charge in [-0.05, 0) is 25.5 Å². The quantitative estimate of drug-likeness (QED) is 0.833. The molecule has 2 fully saturated rings. The van der Waals surface area contributed by atoms with Gasteiger partial charge in [0.05, 0.1) is 0 Å². The normalized spacial score (nSPS) is 26.0. The van der Waals surface area contributed by atoms with Crippen molar-refractivity contribution in [2.75, 3.05) is 26.2 Å². The minimum atomic E-state index is 0.0356. The summed E-state index contributed by atoms with van der Waals surface area (Å²) in [6.45, 7) is 7.97. The van der Waals surface area contributed by atoms with Crippen LogP contribution in [-0.4, -0.2) is 47.6 Å². The van der Waals surface area contributed by atoms with Crippen molar-refractivity contribution in [1.82, 2.24) is 9.80 Å². The molecule has 0 unspecified atom stereocenters. The average Bonchev–Trinajstić information content (AvgIpc) is 2.63. The molecule has 0 atom stereocenters. The van der Waals surface area contributed by atoms with Crippen molar-refractivity contribution in [3.05, 3.63) is 29.8 Å². The Hall–Kier alpha value is -1.06. The Kier molecular flexibility index (Phi) is 3.87. The van der Waals surface area contributed by atoms with Gasteiger partial charge in [0.2, 0.25) is 0 Å². The lowest BCUT2D eigenvalue weighted by Crippen LogP contribution is -2.55. The van der Waals surface area contributed by atoms with Crippen LogP contribution >= 0.6 is 0 Å². The Morgan fingerprint density at radius 3 is 2.64 bits per heavy atom. The van der Waals surface area contributed by atoms with Gasteiger partial charge < -0.3 is 9.64 Å². The van der Waals surface area contributed by atoms with Crippen molar-refractivity contribution in [2.24, 2.45) is 0 Å². The minimum absolute atomic E-state index is 0.0356. The van der Waals surface area contributed by atoms with E-state index in [1.54, 1.807) is 0 Å². The number of ether oxygens (including phenoxy) is 1. The van der Waals surface area contributed by atoms with Crippen molar-refractivity contribution in [1.29, 1.82) is 0 Å². The maximum Gasteiger partial charge on any atom is 0.124 e. The summed E-state index contributed by atoms with van der Waals surface area (Å²) >= 11 is 0. The summed E-state index contributed by atoms with van der Waals surface area (Å²) in [6, 6.07) is 9.48. The average molecular weight is 300 g/mol. The number of hydrogen-bond donors (Lipinski definition) is 0. The van der Waals surface area contributed by atoms with E-state index in [9.17, 15) is 0 Å². The molecule has 22 heavy (non-hydrogen) atoms. The molecular formula is C19H28N2O. The lowest BCUT2D eigenvalue weighted by molar-refractivity contribution is -0.0336. The van der Waals surface area contributed by atoms with Crippen molar-refractivity contribution in [3.8, 4) is 5.75 Å². The first kappa shape index (κ1) is 14.5. The molecule has 0 aromatic heterocycles. The summed E-state index contributed by atoms with van der Waals surface area (Å²) in [5.41, 5.74) is 1.41. The highest BCUT2D eigenvalue weighted by Gasteiger charge is 2.42. The maximum absolute atomic E-state index is 6.66. The van der Waals surface area contributed by atoms with Gasteiger partial charge in [-0.1, -0.05) is 31.5 Å². The van der Waals surface area contributed by atoms with Gasteiger partial charge in [-0.15, -0.1) is 0 Å². The van der Waals surface area contributed by atoms with Crippen LogP contribution in [-0.2, 0) is 6.54 Å². The van der Waals surface area contributed by atoms with Crippen LogP contribution in [0.15, 0.2) is 24.3 Å². The van der Waals surface area contributed by atoms with Gasteiger partial charge in [0, 0.05) is 50.6 Å². The second kappa shape index (κ2) is 5.86. The van der Waals surface area contributed by atoms with Crippen LogP contribution in [0.1, 0.15) is 44.6 Å². The monoisotopic (exact) mass is 300 g/mol. The molecule has 2 heterocycles. The van der Waals surface area contributed by atoms with Crippen LogP contribution in [0.2, 0.25) is 0 Å². The predicted octanol–water partition coefficient (Wildman–Crippen LogP) is 3.29. The van der Waals surface area contributed by atoms with Crippen LogP contribution in [0.3, 0.4) is 0 Å². The first-order valence-electron chi connectivity index (χ1n) is 9.01. The third-order valence-electron chi connectivity index (χ3n) is 5.97. The highest BCUT2D eigenvalue weighted by Crippen LogP contribution is 2.38. The zero-order valence-corrected chi connectivity index (χ0v) is 13.8. The molecule has 1 aromatic carbocycles. The number of para-hydroxylation sites is 1. The number of piperidine rings is 1. The zero-order valence-electron chi connectivity index (χ0n) is 13.8. The summed E-state index contributed by atoms with van der Waals surface area (Å²) < 4.78 is 6.66. The lowest BCUT2D eigenvalue weighted by Gasteiger charge is -2.45. The molecule has 1 aromatic rings. The van der Waals surface area contributed by atoms with E-state index in [0.717, 1.165) is 24.9 Å². The molecule has 1 spiro atoms. The molecule has 3 heteroatoms. The van der Waals surface area contributed by atoms with E-state index in [1.165, 1.54) is 57.3 Å². The Morgan fingerprint density at radius 1 is 1.18 bits per heavy atom. The van der Waals surface area contributed by atoms with Crippen LogP contribution in [0.5, 0.6) is 5.75 Å². The van der Waals surface area contributed by atoms with E-state index >= 15 is 0 Å². The molecule has 0 bridgehead atoms. The molecule has 120 valence electrons. The third kappa shape index (κ3) is 2.65. The third-order valence-corrected chi connectivity index (χ3v) is 5.97. The minimum Gasteiger partial charge on any atom is -0.486 e. The molecule has 0 radical (unpaired) electrons.